The van der Waals surface area contributed by atoms with Gasteiger partial charge in [0.25, 0.3) is 5.69 Å². The minimum Gasteiger partial charge on any atom is -0.481 e. The molecule has 1 aromatic heterocycles. The molecule has 1 atom stereocenters. The zero-order valence-electron chi connectivity index (χ0n) is 10.9. The normalized spacial score (nSPS) is 11.4. The number of pyridine rings is 1. The third kappa shape index (κ3) is 4.53. The van der Waals surface area contributed by atoms with E-state index in [4.69, 9.17) is 10.4 Å². The van der Waals surface area contributed by atoms with Gasteiger partial charge in [-0.2, -0.15) is 5.26 Å². The first-order valence-corrected chi connectivity index (χ1v) is 5.94. The van der Waals surface area contributed by atoms with Gasteiger partial charge in [-0.05, 0) is 12.3 Å². The average molecular weight is 278 g/mol. The summed E-state index contributed by atoms with van der Waals surface area (Å²) in [6.07, 6.45) is 1.64. The van der Waals surface area contributed by atoms with Crippen molar-refractivity contribution in [2.75, 3.05) is 11.9 Å². The summed E-state index contributed by atoms with van der Waals surface area (Å²) < 4.78 is 0. The van der Waals surface area contributed by atoms with Crippen LogP contribution in [-0.4, -0.2) is 27.5 Å². The molecule has 0 aromatic carbocycles. The summed E-state index contributed by atoms with van der Waals surface area (Å²) in [6.45, 7) is 2.31. The molecule has 0 saturated heterocycles. The zero-order chi connectivity index (χ0) is 15.1. The Kier molecular flexibility index (Phi) is 5.41. The Morgan fingerprint density at radius 3 is 2.95 bits per heavy atom. The molecule has 8 heteroatoms. The van der Waals surface area contributed by atoms with Gasteiger partial charge in [-0.15, -0.1) is 0 Å². The predicted octanol–water partition coefficient (Wildman–Crippen LogP) is 1.77. The molecule has 0 saturated carbocycles. The Bertz CT molecular complexity index is 553. The van der Waals surface area contributed by atoms with E-state index in [9.17, 15) is 14.9 Å². The molecule has 0 amide bonds. The number of nitrogens with one attached hydrogen (secondary N) is 1. The highest BCUT2D eigenvalue weighted by molar-refractivity contribution is 5.66. The highest BCUT2D eigenvalue weighted by Gasteiger charge is 2.13. The molecule has 8 nitrogen and oxygen atoms in total. The number of nitrogens with zero attached hydrogens (tertiary/aromatic N) is 3. The summed E-state index contributed by atoms with van der Waals surface area (Å²) >= 11 is 0. The number of anilines is 1. The van der Waals surface area contributed by atoms with Gasteiger partial charge in [-0.1, -0.05) is 6.92 Å². The smallest absolute Gasteiger partial charge is 0.303 e. The van der Waals surface area contributed by atoms with Crippen molar-refractivity contribution in [3.8, 4) is 6.07 Å². The second-order valence-corrected chi connectivity index (χ2v) is 4.38. The molecule has 1 aromatic rings. The Morgan fingerprint density at radius 2 is 2.40 bits per heavy atom. The van der Waals surface area contributed by atoms with Crippen LogP contribution in [-0.2, 0) is 4.79 Å². The Labute approximate surface area is 115 Å². The van der Waals surface area contributed by atoms with Crippen molar-refractivity contribution in [2.24, 2.45) is 5.92 Å². The number of rotatable bonds is 7. The molecule has 0 aliphatic rings. The number of nitriles is 1. The number of carbonyl (C=O) groups is 1. The van der Waals surface area contributed by atoms with E-state index in [1.165, 1.54) is 0 Å². The van der Waals surface area contributed by atoms with E-state index >= 15 is 0 Å². The topological polar surface area (TPSA) is 129 Å². The molecule has 0 spiro atoms. The van der Waals surface area contributed by atoms with Crippen molar-refractivity contribution in [3.63, 3.8) is 0 Å². The number of nitro groups is 1. The molecular formula is C12H14N4O4. The van der Waals surface area contributed by atoms with E-state index in [1.807, 2.05) is 13.0 Å². The van der Waals surface area contributed by atoms with Crippen molar-refractivity contribution < 1.29 is 14.8 Å². The maximum Gasteiger partial charge on any atom is 0.303 e. The number of hydrogen-bond donors (Lipinski definition) is 2. The fraction of sp³-hybridized carbons (Fsp3) is 0.417. The number of aromatic nitrogens is 1. The van der Waals surface area contributed by atoms with Gasteiger partial charge in [0.2, 0.25) is 0 Å². The molecule has 1 rings (SSSR count). The van der Waals surface area contributed by atoms with Crippen LogP contribution in [0.3, 0.4) is 0 Å². The van der Waals surface area contributed by atoms with Gasteiger partial charge >= 0.3 is 5.97 Å². The van der Waals surface area contributed by atoms with Gasteiger partial charge in [-0.3, -0.25) is 14.9 Å². The first-order chi connectivity index (χ1) is 9.43. The molecule has 20 heavy (non-hydrogen) atoms. The van der Waals surface area contributed by atoms with E-state index in [0.29, 0.717) is 13.0 Å². The van der Waals surface area contributed by atoms with Crippen LogP contribution >= 0.6 is 0 Å². The lowest BCUT2D eigenvalue weighted by atomic mass is 10.1. The monoisotopic (exact) mass is 278 g/mol. The van der Waals surface area contributed by atoms with E-state index in [1.54, 1.807) is 0 Å². The second kappa shape index (κ2) is 7.04. The van der Waals surface area contributed by atoms with Gasteiger partial charge in [0.1, 0.15) is 23.6 Å². The Hall–Kier alpha value is -2.69. The molecule has 1 unspecified atom stereocenters. The van der Waals surface area contributed by atoms with Crippen LogP contribution < -0.4 is 5.32 Å². The summed E-state index contributed by atoms with van der Waals surface area (Å²) in [4.78, 5) is 24.2. The van der Waals surface area contributed by atoms with Crippen LogP contribution in [0, 0.1) is 27.4 Å². The van der Waals surface area contributed by atoms with E-state index in [2.05, 4.69) is 10.3 Å². The van der Waals surface area contributed by atoms with Gasteiger partial charge in [0.05, 0.1) is 4.92 Å². The summed E-state index contributed by atoms with van der Waals surface area (Å²) in [5.41, 5.74) is -0.157. The van der Waals surface area contributed by atoms with Crippen molar-refractivity contribution >= 4 is 17.5 Å². The lowest BCUT2D eigenvalue weighted by Gasteiger charge is -2.12. The van der Waals surface area contributed by atoms with Crippen molar-refractivity contribution in [2.45, 2.75) is 19.8 Å². The largest absolute Gasteiger partial charge is 0.481 e. The first-order valence-electron chi connectivity index (χ1n) is 5.94. The second-order valence-electron chi connectivity index (χ2n) is 4.38. The Balaban J connectivity index is 2.66. The molecule has 0 bridgehead atoms. The van der Waals surface area contributed by atoms with E-state index < -0.39 is 10.9 Å². The number of carboxylic acids is 1. The van der Waals surface area contributed by atoms with Crippen LogP contribution in [0.1, 0.15) is 25.3 Å². The summed E-state index contributed by atoms with van der Waals surface area (Å²) in [5.74, 6) is -0.516. The fourth-order valence-electron chi connectivity index (χ4n) is 1.52. The highest BCUT2D eigenvalue weighted by atomic mass is 16.6. The molecule has 0 fully saturated rings. The van der Waals surface area contributed by atoms with Crippen molar-refractivity contribution in [1.82, 2.24) is 4.98 Å². The van der Waals surface area contributed by atoms with Crippen LogP contribution in [0.4, 0.5) is 11.5 Å². The van der Waals surface area contributed by atoms with E-state index in [0.717, 1.165) is 12.3 Å². The molecule has 106 valence electrons. The zero-order valence-corrected chi connectivity index (χ0v) is 10.9. The first kappa shape index (κ1) is 15.4. The molecule has 1 heterocycles. The molecule has 0 radical (unpaired) electrons. The third-order valence-electron chi connectivity index (χ3n) is 2.67. The van der Waals surface area contributed by atoms with Crippen LogP contribution in [0.15, 0.2) is 12.3 Å². The van der Waals surface area contributed by atoms with Gasteiger partial charge < -0.3 is 10.4 Å². The average Bonchev–Trinajstić information content (AvgIpc) is 2.42. The minimum atomic E-state index is -0.858. The van der Waals surface area contributed by atoms with Gasteiger partial charge in [-0.25, -0.2) is 4.98 Å². The summed E-state index contributed by atoms with van der Waals surface area (Å²) in [5, 5.41) is 31.0. The number of hydrogen-bond acceptors (Lipinski definition) is 6. The minimum absolute atomic E-state index is 0.0711. The molecular weight excluding hydrogens is 264 g/mol. The Morgan fingerprint density at radius 1 is 1.70 bits per heavy atom. The van der Waals surface area contributed by atoms with Crippen molar-refractivity contribution in [3.05, 3.63) is 27.9 Å². The van der Waals surface area contributed by atoms with Gasteiger partial charge in [0.15, 0.2) is 0 Å². The summed E-state index contributed by atoms with van der Waals surface area (Å²) in [7, 11) is 0. The maximum atomic E-state index is 10.6. The lowest BCUT2D eigenvalue weighted by Crippen LogP contribution is -2.14. The fourth-order valence-corrected chi connectivity index (χ4v) is 1.52. The highest BCUT2D eigenvalue weighted by Crippen LogP contribution is 2.18. The molecule has 0 aliphatic carbocycles. The maximum absolute atomic E-state index is 10.6. The van der Waals surface area contributed by atoms with Crippen molar-refractivity contribution in [1.29, 1.82) is 5.26 Å². The SMILES string of the molecule is CC(CCC(=O)O)CNc1ncc([N+](=O)[O-])cc1C#N. The van der Waals surface area contributed by atoms with Gasteiger partial charge in [0, 0.05) is 19.0 Å². The van der Waals surface area contributed by atoms with Crippen LogP contribution in [0.25, 0.3) is 0 Å². The van der Waals surface area contributed by atoms with Crippen LogP contribution in [0.5, 0.6) is 0 Å². The molecule has 2 N–H and O–H groups in total. The molecule has 0 aliphatic heterocycles. The standard InChI is InChI=1S/C12H14N4O4/c1-8(2-3-11(17)18)6-14-12-9(5-13)4-10(7-15-12)16(19)20/h4,7-8H,2-3,6H2,1H3,(H,14,15)(H,17,18). The van der Waals surface area contributed by atoms with E-state index in [-0.39, 0.29) is 29.4 Å². The third-order valence-corrected chi connectivity index (χ3v) is 2.67. The lowest BCUT2D eigenvalue weighted by molar-refractivity contribution is -0.385. The number of aliphatic carboxylic acids is 1. The summed E-state index contributed by atoms with van der Waals surface area (Å²) in [6, 6.07) is 2.99. The number of carboxylic acid groups (broad SMARTS) is 1. The van der Waals surface area contributed by atoms with Crippen LogP contribution in [0.2, 0.25) is 0 Å². The predicted molar refractivity (Wildman–Crippen MR) is 70.1 cm³/mol. The quantitative estimate of drug-likeness (QED) is 0.574.